The number of carbonyl (C=O) groups excluding carboxylic acids is 1. The van der Waals surface area contributed by atoms with Gasteiger partial charge in [-0.05, 0) is 36.1 Å². The van der Waals surface area contributed by atoms with Crippen LogP contribution in [0.15, 0.2) is 36.5 Å². The maximum atomic E-state index is 12.9. The number of nitrogens with zero attached hydrogens (tertiary/aromatic N) is 4. The van der Waals surface area contributed by atoms with E-state index in [0.29, 0.717) is 36.0 Å². The molecule has 0 radical (unpaired) electrons. The number of aromatic nitrogens is 2. The van der Waals surface area contributed by atoms with Gasteiger partial charge in [0.15, 0.2) is 0 Å². The summed E-state index contributed by atoms with van der Waals surface area (Å²) in [6.45, 7) is 4.20. The Morgan fingerprint density at radius 1 is 1.36 bits per heavy atom. The summed E-state index contributed by atoms with van der Waals surface area (Å²) < 4.78 is 0. The molecule has 1 aliphatic heterocycles. The Balaban J connectivity index is 1.77. The molecule has 1 atom stereocenters. The summed E-state index contributed by atoms with van der Waals surface area (Å²) in [6.07, 6.45) is 1.98. The number of hydrogen-bond donors (Lipinski definition) is 2. The summed E-state index contributed by atoms with van der Waals surface area (Å²) in [4.78, 5) is 33.7. The van der Waals surface area contributed by atoms with Crippen LogP contribution in [0.25, 0.3) is 0 Å². The number of hydrogen-bond acceptors (Lipinski definition) is 6. The van der Waals surface area contributed by atoms with Crippen molar-refractivity contribution in [1.29, 1.82) is 5.26 Å². The van der Waals surface area contributed by atoms with Gasteiger partial charge in [0, 0.05) is 18.4 Å². The Morgan fingerprint density at radius 3 is 2.64 bits per heavy atom. The normalized spacial score (nSPS) is 18.9. The summed E-state index contributed by atoms with van der Waals surface area (Å²) in [5.74, 6) is -0.439. The minimum absolute atomic E-state index is 0.0418. The van der Waals surface area contributed by atoms with Gasteiger partial charge in [0.05, 0.1) is 12.5 Å². The fraction of sp³-hybridized carbons (Fsp3) is 0.350. The zero-order chi connectivity index (χ0) is 20.3. The largest absolute Gasteiger partial charge is 0.481 e. The van der Waals surface area contributed by atoms with E-state index in [1.54, 1.807) is 36.5 Å². The molecule has 0 spiro atoms. The lowest BCUT2D eigenvalue weighted by atomic mass is 9.77. The highest BCUT2D eigenvalue weighted by Gasteiger charge is 2.50. The SMILES string of the molecule is CC(C)[C@]1(C#N)CCN(c2ccnc(Nc3ccc(CC(=O)O)cc3)n2)C1=O. The lowest BCUT2D eigenvalue weighted by Gasteiger charge is -2.24. The van der Waals surface area contributed by atoms with Gasteiger partial charge < -0.3 is 10.4 Å². The van der Waals surface area contributed by atoms with Crippen LogP contribution >= 0.6 is 0 Å². The van der Waals surface area contributed by atoms with Crippen molar-refractivity contribution in [2.75, 3.05) is 16.8 Å². The molecule has 2 N–H and O–H groups in total. The van der Waals surface area contributed by atoms with Gasteiger partial charge in [0.1, 0.15) is 11.2 Å². The van der Waals surface area contributed by atoms with Crippen LogP contribution in [0.4, 0.5) is 17.5 Å². The van der Waals surface area contributed by atoms with Gasteiger partial charge >= 0.3 is 5.97 Å². The first-order valence-corrected chi connectivity index (χ1v) is 9.00. The minimum atomic E-state index is -1.02. The van der Waals surface area contributed by atoms with Gasteiger partial charge in [-0.15, -0.1) is 0 Å². The van der Waals surface area contributed by atoms with E-state index in [2.05, 4.69) is 21.4 Å². The van der Waals surface area contributed by atoms with E-state index in [-0.39, 0.29) is 18.2 Å². The van der Waals surface area contributed by atoms with E-state index in [0.717, 1.165) is 0 Å². The molecule has 1 aliphatic rings. The fourth-order valence-electron chi connectivity index (χ4n) is 3.29. The van der Waals surface area contributed by atoms with Crippen LogP contribution in [0.3, 0.4) is 0 Å². The van der Waals surface area contributed by atoms with Crippen LogP contribution in [0, 0.1) is 22.7 Å². The monoisotopic (exact) mass is 379 g/mol. The van der Waals surface area contributed by atoms with Crippen molar-refractivity contribution < 1.29 is 14.7 Å². The first-order chi connectivity index (χ1) is 13.4. The molecule has 0 saturated carbocycles. The highest BCUT2D eigenvalue weighted by molar-refractivity contribution is 6.01. The number of aliphatic carboxylic acids is 1. The van der Waals surface area contributed by atoms with Gasteiger partial charge in [-0.3, -0.25) is 14.5 Å². The predicted molar refractivity (Wildman–Crippen MR) is 103 cm³/mol. The summed E-state index contributed by atoms with van der Waals surface area (Å²) in [5, 5.41) is 21.4. The summed E-state index contributed by atoms with van der Waals surface area (Å²) >= 11 is 0. The van der Waals surface area contributed by atoms with E-state index >= 15 is 0 Å². The van der Waals surface area contributed by atoms with E-state index in [9.17, 15) is 14.9 Å². The van der Waals surface area contributed by atoms with Crippen molar-refractivity contribution in [3.05, 3.63) is 42.1 Å². The number of carbonyl (C=O) groups is 2. The van der Waals surface area contributed by atoms with Crippen molar-refractivity contribution in [2.45, 2.75) is 26.7 Å². The molecule has 1 aromatic carbocycles. The number of amides is 1. The lowest BCUT2D eigenvalue weighted by Crippen LogP contribution is -2.37. The Kier molecular flexibility index (Phi) is 5.27. The molecule has 1 saturated heterocycles. The van der Waals surface area contributed by atoms with Crippen molar-refractivity contribution in [3.8, 4) is 6.07 Å². The van der Waals surface area contributed by atoms with E-state index in [1.807, 2.05) is 13.8 Å². The van der Waals surface area contributed by atoms with Crippen molar-refractivity contribution in [3.63, 3.8) is 0 Å². The average Bonchev–Trinajstić information content (AvgIpc) is 3.01. The number of rotatable bonds is 6. The topological polar surface area (TPSA) is 119 Å². The number of anilines is 3. The molecule has 2 aromatic rings. The third-order valence-corrected chi connectivity index (χ3v) is 5.02. The first-order valence-electron chi connectivity index (χ1n) is 9.00. The second-order valence-corrected chi connectivity index (χ2v) is 7.08. The Labute approximate surface area is 162 Å². The minimum Gasteiger partial charge on any atom is -0.481 e. The molecular formula is C20H21N5O3. The summed E-state index contributed by atoms with van der Waals surface area (Å²) in [6, 6.07) is 10.8. The molecule has 1 aromatic heterocycles. The number of nitriles is 1. The number of carboxylic acid groups (broad SMARTS) is 1. The van der Waals surface area contributed by atoms with Crippen molar-refractivity contribution >= 4 is 29.3 Å². The number of benzene rings is 1. The molecule has 0 aliphatic carbocycles. The van der Waals surface area contributed by atoms with Crippen LogP contribution in [-0.2, 0) is 16.0 Å². The van der Waals surface area contributed by atoms with Gasteiger partial charge in [-0.1, -0.05) is 26.0 Å². The smallest absolute Gasteiger partial charge is 0.307 e. The average molecular weight is 379 g/mol. The summed E-state index contributed by atoms with van der Waals surface area (Å²) in [5.41, 5.74) is 0.378. The molecule has 8 heteroatoms. The lowest BCUT2D eigenvalue weighted by molar-refractivity contribution is -0.136. The molecule has 1 amide bonds. The quantitative estimate of drug-likeness (QED) is 0.792. The van der Waals surface area contributed by atoms with E-state index < -0.39 is 11.4 Å². The van der Waals surface area contributed by atoms with Crippen molar-refractivity contribution in [1.82, 2.24) is 9.97 Å². The zero-order valence-electron chi connectivity index (χ0n) is 15.7. The van der Waals surface area contributed by atoms with Gasteiger partial charge in [0.25, 0.3) is 0 Å². The molecule has 144 valence electrons. The molecule has 1 fully saturated rings. The van der Waals surface area contributed by atoms with Gasteiger partial charge in [0.2, 0.25) is 11.9 Å². The Morgan fingerprint density at radius 2 is 2.07 bits per heavy atom. The zero-order valence-corrected chi connectivity index (χ0v) is 15.7. The van der Waals surface area contributed by atoms with E-state index in [1.165, 1.54) is 4.90 Å². The maximum absolute atomic E-state index is 12.9. The molecular weight excluding hydrogens is 358 g/mol. The first kappa shape index (κ1) is 19.3. The third-order valence-electron chi connectivity index (χ3n) is 5.02. The van der Waals surface area contributed by atoms with E-state index in [4.69, 9.17) is 5.11 Å². The fourth-order valence-corrected chi connectivity index (χ4v) is 3.29. The highest BCUT2D eigenvalue weighted by Crippen LogP contribution is 2.40. The number of carboxylic acids is 1. The number of nitrogens with one attached hydrogen (secondary N) is 1. The second kappa shape index (κ2) is 7.64. The Bertz CT molecular complexity index is 936. The molecule has 28 heavy (non-hydrogen) atoms. The second-order valence-electron chi connectivity index (χ2n) is 7.08. The van der Waals surface area contributed by atoms with Crippen molar-refractivity contribution in [2.24, 2.45) is 11.3 Å². The molecule has 0 unspecified atom stereocenters. The van der Waals surface area contributed by atoms with Crippen LogP contribution in [0.1, 0.15) is 25.8 Å². The Hall–Kier alpha value is -3.47. The van der Waals surface area contributed by atoms with Crippen LogP contribution < -0.4 is 10.2 Å². The van der Waals surface area contributed by atoms with Gasteiger partial charge in [-0.25, -0.2) is 4.98 Å². The molecule has 2 heterocycles. The standard InChI is InChI=1S/C20H21N5O3/c1-13(2)20(12-21)8-10-25(18(20)28)16-7-9-22-19(24-16)23-15-5-3-14(4-6-15)11-17(26)27/h3-7,9,13H,8,10-11H2,1-2H3,(H,26,27)(H,22,23,24)/t20-/m1/s1. The van der Waals surface area contributed by atoms with Crippen LogP contribution in [0.2, 0.25) is 0 Å². The van der Waals surface area contributed by atoms with Crippen LogP contribution in [0.5, 0.6) is 0 Å². The van der Waals surface area contributed by atoms with Crippen LogP contribution in [-0.4, -0.2) is 33.5 Å². The highest BCUT2D eigenvalue weighted by atomic mass is 16.4. The molecule has 8 nitrogen and oxygen atoms in total. The third kappa shape index (κ3) is 3.64. The summed E-state index contributed by atoms with van der Waals surface area (Å²) in [7, 11) is 0. The van der Waals surface area contributed by atoms with Gasteiger partial charge in [-0.2, -0.15) is 10.2 Å². The molecule has 0 bridgehead atoms. The molecule has 3 rings (SSSR count). The maximum Gasteiger partial charge on any atom is 0.307 e. The predicted octanol–water partition coefficient (Wildman–Crippen LogP) is 2.75.